The van der Waals surface area contributed by atoms with Crippen molar-refractivity contribution in [2.45, 2.75) is 0 Å². The standard InChI is InChI=1S/C47H31N3/c1-3-10-35(11-4-1)44-31-45(50-47(49-44)38-12-5-2-6-13-38)36-25-23-33(24-26-36)41-17-8-15-40-30-39(27-28-42(40)41)32-19-21-34(22-20-32)43-18-7-14-37-16-9-29-48-46(37)43/h1-31H. The molecule has 9 rings (SSSR count). The zero-order valence-corrected chi connectivity index (χ0v) is 27.2. The summed E-state index contributed by atoms with van der Waals surface area (Å²) < 4.78 is 0. The van der Waals surface area contributed by atoms with Gasteiger partial charge in [-0.3, -0.25) is 4.98 Å². The largest absolute Gasteiger partial charge is 0.256 e. The van der Waals surface area contributed by atoms with Gasteiger partial charge in [-0.25, -0.2) is 9.97 Å². The summed E-state index contributed by atoms with van der Waals surface area (Å²) in [6.07, 6.45) is 1.86. The van der Waals surface area contributed by atoms with Crippen LogP contribution in [0, 0.1) is 0 Å². The van der Waals surface area contributed by atoms with Crippen molar-refractivity contribution in [1.82, 2.24) is 15.0 Å². The van der Waals surface area contributed by atoms with Crippen LogP contribution in [-0.4, -0.2) is 15.0 Å². The summed E-state index contributed by atoms with van der Waals surface area (Å²) in [5, 5.41) is 3.59. The molecule has 50 heavy (non-hydrogen) atoms. The number of para-hydroxylation sites is 1. The third-order valence-corrected chi connectivity index (χ3v) is 9.36. The lowest BCUT2D eigenvalue weighted by molar-refractivity contribution is 1.18. The zero-order valence-electron chi connectivity index (χ0n) is 27.2. The number of fused-ring (bicyclic) bond motifs is 2. The van der Waals surface area contributed by atoms with Gasteiger partial charge in [0.15, 0.2) is 5.82 Å². The lowest BCUT2D eigenvalue weighted by atomic mass is 9.93. The molecule has 0 radical (unpaired) electrons. The third-order valence-electron chi connectivity index (χ3n) is 9.36. The van der Waals surface area contributed by atoms with Crippen molar-refractivity contribution in [3.8, 4) is 67.3 Å². The molecule has 0 aliphatic rings. The smallest absolute Gasteiger partial charge is 0.160 e. The highest BCUT2D eigenvalue weighted by molar-refractivity contribution is 5.99. The highest BCUT2D eigenvalue weighted by atomic mass is 14.9. The van der Waals surface area contributed by atoms with Crippen LogP contribution in [0.5, 0.6) is 0 Å². The van der Waals surface area contributed by atoms with E-state index < -0.39 is 0 Å². The molecule has 0 saturated heterocycles. The number of nitrogens with zero attached hydrogens (tertiary/aromatic N) is 3. The first-order valence-electron chi connectivity index (χ1n) is 16.8. The molecule has 234 valence electrons. The molecule has 0 spiro atoms. The summed E-state index contributed by atoms with van der Waals surface area (Å²) in [4.78, 5) is 14.6. The predicted octanol–water partition coefficient (Wildman–Crippen LogP) is 12.2. The SMILES string of the molecule is c1ccc(-c2cc(-c3ccc(-c4cccc5cc(-c6ccc(-c7cccc8cccnc78)cc6)ccc45)cc3)nc(-c3ccccc3)n2)cc1. The van der Waals surface area contributed by atoms with E-state index in [1.54, 1.807) is 0 Å². The number of aromatic nitrogens is 3. The van der Waals surface area contributed by atoms with Gasteiger partial charge >= 0.3 is 0 Å². The van der Waals surface area contributed by atoms with Crippen LogP contribution in [0.3, 0.4) is 0 Å². The van der Waals surface area contributed by atoms with Gasteiger partial charge in [-0.1, -0.05) is 164 Å². The summed E-state index contributed by atoms with van der Waals surface area (Å²) in [5.74, 6) is 0.719. The average Bonchev–Trinajstić information content (AvgIpc) is 3.21. The van der Waals surface area contributed by atoms with Crippen molar-refractivity contribution < 1.29 is 0 Å². The second-order valence-electron chi connectivity index (χ2n) is 12.5. The summed E-state index contributed by atoms with van der Waals surface area (Å²) in [6, 6.07) is 63.9. The lowest BCUT2D eigenvalue weighted by Gasteiger charge is -2.12. The molecule has 0 saturated carbocycles. The number of benzene rings is 7. The van der Waals surface area contributed by atoms with E-state index in [-0.39, 0.29) is 0 Å². The van der Waals surface area contributed by atoms with Gasteiger partial charge in [0, 0.05) is 33.8 Å². The van der Waals surface area contributed by atoms with Crippen LogP contribution in [-0.2, 0) is 0 Å². The molecule has 0 N–H and O–H groups in total. The second-order valence-corrected chi connectivity index (χ2v) is 12.5. The van der Waals surface area contributed by atoms with Gasteiger partial charge in [0.25, 0.3) is 0 Å². The van der Waals surface area contributed by atoms with Gasteiger partial charge in [-0.05, 0) is 56.8 Å². The Morgan fingerprint density at radius 1 is 0.320 bits per heavy atom. The first-order chi connectivity index (χ1) is 24.8. The van der Waals surface area contributed by atoms with Gasteiger partial charge < -0.3 is 0 Å². The van der Waals surface area contributed by atoms with Gasteiger partial charge in [0.05, 0.1) is 16.9 Å². The predicted molar refractivity (Wildman–Crippen MR) is 207 cm³/mol. The van der Waals surface area contributed by atoms with Crippen LogP contribution >= 0.6 is 0 Å². The van der Waals surface area contributed by atoms with Crippen LogP contribution < -0.4 is 0 Å². The van der Waals surface area contributed by atoms with Gasteiger partial charge in [-0.15, -0.1) is 0 Å². The third kappa shape index (κ3) is 5.61. The van der Waals surface area contributed by atoms with E-state index in [0.29, 0.717) is 0 Å². The van der Waals surface area contributed by atoms with Crippen LogP contribution in [0.4, 0.5) is 0 Å². The van der Waals surface area contributed by atoms with Gasteiger partial charge in [-0.2, -0.15) is 0 Å². The molecule has 0 aliphatic carbocycles. The Balaban J connectivity index is 1.03. The minimum absolute atomic E-state index is 0.719. The number of pyridine rings is 1. The molecule has 0 fully saturated rings. The average molecular weight is 638 g/mol. The minimum atomic E-state index is 0.719. The van der Waals surface area contributed by atoms with Crippen LogP contribution in [0.1, 0.15) is 0 Å². The summed E-state index contributed by atoms with van der Waals surface area (Å²) in [7, 11) is 0. The zero-order chi connectivity index (χ0) is 33.3. The Kier molecular flexibility index (Phi) is 7.49. The molecular weight excluding hydrogens is 607 g/mol. The fraction of sp³-hybridized carbons (Fsp3) is 0. The minimum Gasteiger partial charge on any atom is -0.256 e. The molecule has 2 aromatic heterocycles. The summed E-state index contributed by atoms with van der Waals surface area (Å²) >= 11 is 0. The van der Waals surface area contributed by atoms with E-state index >= 15 is 0 Å². The molecule has 0 atom stereocenters. The monoisotopic (exact) mass is 637 g/mol. The van der Waals surface area contributed by atoms with E-state index in [2.05, 4.69) is 145 Å². The topological polar surface area (TPSA) is 38.7 Å². The maximum absolute atomic E-state index is 5.01. The Morgan fingerprint density at radius 3 is 1.58 bits per heavy atom. The van der Waals surface area contributed by atoms with Crippen LogP contribution in [0.2, 0.25) is 0 Å². The molecule has 9 aromatic rings. The summed E-state index contributed by atoms with van der Waals surface area (Å²) in [5.41, 5.74) is 13.0. The molecular formula is C47H31N3. The number of rotatable bonds is 6. The van der Waals surface area contributed by atoms with E-state index in [9.17, 15) is 0 Å². The van der Waals surface area contributed by atoms with Crippen LogP contribution in [0.15, 0.2) is 188 Å². The number of hydrogen-bond acceptors (Lipinski definition) is 3. The molecule has 2 heterocycles. The number of hydrogen-bond donors (Lipinski definition) is 0. The Bertz CT molecular complexity index is 2550. The van der Waals surface area contributed by atoms with E-state index in [1.807, 2.05) is 48.7 Å². The first-order valence-corrected chi connectivity index (χ1v) is 16.8. The quantitative estimate of drug-likeness (QED) is 0.182. The fourth-order valence-electron chi connectivity index (χ4n) is 6.78. The van der Waals surface area contributed by atoms with E-state index in [4.69, 9.17) is 9.97 Å². The molecule has 0 aliphatic heterocycles. The lowest BCUT2D eigenvalue weighted by Crippen LogP contribution is -1.95. The second kappa shape index (κ2) is 12.7. The van der Waals surface area contributed by atoms with E-state index in [0.717, 1.165) is 50.4 Å². The molecule has 0 amide bonds. The molecule has 7 aromatic carbocycles. The first kappa shape index (κ1) is 29.4. The van der Waals surface area contributed by atoms with Crippen molar-refractivity contribution in [3.05, 3.63) is 188 Å². The maximum atomic E-state index is 5.01. The highest BCUT2D eigenvalue weighted by Crippen LogP contribution is 2.35. The van der Waals surface area contributed by atoms with Crippen molar-refractivity contribution in [1.29, 1.82) is 0 Å². The highest BCUT2D eigenvalue weighted by Gasteiger charge is 2.12. The normalized spacial score (nSPS) is 11.2. The van der Waals surface area contributed by atoms with Crippen molar-refractivity contribution in [3.63, 3.8) is 0 Å². The van der Waals surface area contributed by atoms with Crippen LogP contribution in [0.25, 0.3) is 89.0 Å². The van der Waals surface area contributed by atoms with Crippen molar-refractivity contribution in [2.24, 2.45) is 0 Å². The van der Waals surface area contributed by atoms with Gasteiger partial charge in [0.2, 0.25) is 0 Å². The van der Waals surface area contributed by atoms with E-state index in [1.165, 1.54) is 38.6 Å². The molecule has 3 nitrogen and oxygen atoms in total. The van der Waals surface area contributed by atoms with Crippen molar-refractivity contribution >= 4 is 21.7 Å². The Hall–Kier alpha value is -6.71. The fourth-order valence-corrected chi connectivity index (χ4v) is 6.78. The van der Waals surface area contributed by atoms with Gasteiger partial charge in [0.1, 0.15) is 0 Å². The summed E-state index contributed by atoms with van der Waals surface area (Å²) in [6.45, 7) is 0. The Morgan fingerprint density at radius 2 is 0.860 bits per heavy atom. The Labute approximate surface area is 291 Å². The van der Waals surface area contributed by atoms with Crippen molar-refractivity contribution in [2.75, 3.05) is 0 Å². The molecule has 0 unspecified atom stereocenters. The molecule has 3 heteroatoms. The molecule has 0 bridgehead atoms. The maximum Gasteiger partial charge on any atom is 0.160 e.